The Balaban J connectivity index is 1.67. The van der Waals surface area contributed by atoms with Crippen molar-refractivity contribution in [1.29, 1.82) is 0 Å². The van der Waals surface area contributed by atoms with Crippen molar-refractivity contribution in [1.82, 2.24) is 9.97 Å². The van der Waals surface area contributed by atoms with Crippen LogP contribution in [0.25, 0.3) is 0 Å². The van der Waals surface area contributed by atoms with Gasteiger partial charge in [-0.1, -0.05) is 194 Å². The lowest BCUT2D eigenvalue weighted by Crippen LogP contribution is -2.12. The molecule has 1 aromatic heterocycles. The summed E-state index contributed by atoms with van der Waals surface area (Å²) in [6.45, 7) is 8.40. The van der Waals surface area contributed by atoms with Crippen molar-refractivity contribution < 1.29 is 33.3 Å². The number of H-pyrrole nitrogens is 1. The number of ether oxygens (including phenoxy) is 5. The standard InChI is InChI=1S/C53H84N2O7/c1-4-7-10-13-16-19-22-25-28-31-38-58-49-41-45(52(56)61-46-34-36-47(37-35-46)62-53(57)48-43-54-44-55-48)42-50(59-39-32-29-26-23-20-17-14-11-8-5-2)51(49)60-40-33-30-27-24-21-18-15-12-9-6-3/h34-37,41-44H,4-33,38-40H2,1-3H3,(H,54,55). The second-order valence-electron chi connectivity index (χ2n) is 17.1. The summed E-state index contributed by atoms with van der Waals surface area (Å²) in [5.41, 5.74) is 0.566. The number of rotatable bonds is 40. The molecule has 0 aliphatic carbocycles. The highest BCUT2D eigenvalue weighted by molar-refractivity contribution is 5.93. The smallest absolute Gasteiger partial charge is 0.361 e. The normalized spacial score (nSPS) is 11.1. The monoisotopic (exact) mass is 861 g/mol. The minimum Gasteiger partial charge on any atom is -0.490 e. The molecule has 0 unspecified atom stereocenters. The third-order valence-electron chi connectivity index (χ3n) is 11.5. The molecule has 1 heterocycles. The molecule has 3 aromatic rings. The van der Waals surface area contributed by atoms with Gasteiger partial charge in [-0.15, -0.1) is 0 Å². The Morgan fingerprint density at radius 1 is 0.452 bits per heavy atom. The zero-order chi connectivity index (χ0) is 44.1. The highest BCUT2D eigenvalue weighted by Crippen LogP contribution is 2.40. The molecule has 0 aliphatic rings. The van der Waals surface area contributed by atoms with Crippen LogP contribution < -0.4 is 23.7 Å². The molecule has 9 nitrogen and oxygen atoms in total. The molecule has 0 aliphatic heterocycles. The minimum atomic E-state index is -0.557. The molecule has 0 atom stereocenters. The van der Waals surface area contributed by atoms with Crippen LogP contribution in [0, 0.1) is 0 Å². The van der Waals surface area contributed by atoms with Crippen molar-refractivity contribution in [2.24, 2.45) is 0 Å². The average molecular weight is 861 g/mol. The number of aromatic amines is 1. The number of carbonyl (C=O) groups is 2. The Morgan fingerprint density at radius 2 is 0.790 bits per heavy atom. The summed E-state index contributed by atoms with van der Waals surface area (Å²) in [4.78, 5) is 32.7. The highest BCUT2D eigenvalue weighted by Gasteiger charge is 2.21. The van der Waals surface area contributed by atoms with E-state index >= 15 is 0 Å². The largest absolute Gasteiger partial charge is 0.490 e. The van der Waals surface area contributed by atoms with E-state index in [1.54, 1.807) is 36.4 Å². The van der Waals surface area contributed by atoms with Gasteiger partial charge in [-0.05, 0) is 55.7 Å². The fourth-order valence-corrected chi connectivity index (χ4v) is 7.63. The Labute approximate surface area is 376 Å². The number of unbranched alkanes of at least 4 members (excludes halogenated alkanes) is 27. The van der Waals surface area contributed by atoms with Crippen LogP contribution in [-0.4, -0.2) is 41.7 Å². The molecule has 0 bridgehead atoms. The zero-order valence-electron chi connectivity index (χ0n) is 39.3. The van der Waals surface area contributed by atoms with Gasteiger partial charge in [0.1, 0.15) is 17.2 Å². The van der Waals surface area contributed by atoms with Gasteiger partial charge in [-0.25, -0.2) is 14.6 Å². The van der Waals surface area contributed by atoms with Gasteiger partial charge in [0, 0.05) is 0 Å². The molecular formula is C53H84N2O7. The number of nitrogens with zero attached hydrogens (tertiary/aromatic N) is 1. The van der Waals surface area contributed by atoms with Gasteiger partial charge >= 0.3 is 11.9 Å². The first kappa shape index (κ1) is 52.3. The predicted molar refractivity (Wildman–Crippen MR) is 253 cm³/mol. The number of esters is 2. The van der Waals surface area contributed by atoms with Crippen molar-refractivity contribution >= 4 is 11.9 Å². The molecule has 0 spiro atoms. The Hall–Kier alpha value is -4.01. The zero-order valence-corrected chi connectivity index (χ0v) is 39.3. The lowest BCUT2D eigenvalue weighted by Gasteiger charge is -2.19. The lowest BCUT2D eigenvalue weighted by atomic mass is 10.1. The molecule has 2 aromatic carbocycles. The third kappa shape index (κ3) is 24.0. The maximum atomic E-state index is 13.8. The first-order chi connectivity index (χ1) is 30.5. The summed E-state index contributed by atoms with van der Waals surface area (Å²) < 4.78 is 30.7. The molecule has 9 heteroatoms. The second kappa shape index (κ2) is 35.5. The molecule has 3 rings (SSSR count). The van der Waals surface area contributed by atoms with Crippen LogP contribution in [0.15, 0.2) is 48.9 Å². The summed E-state index contributed by atoms with van der Waals surface area (Å²) in [5.74, 6) is 1.14. The van der Waals surface area contributed by atoms with Crippen molar-refractivity contribution in [3.63, 3.8) is 0 Å². The Kier molecular flexibility index (Phi) is 29.9. The van der Waals surface area contributed by atoms with E-state index in [1.165, 1.54) is 167 Å². The van der Waals surface area contributed by atoms with E-state index in [0.717, 1.165) is 38.5 Å². The van der Waals surface area contributed by atoms with Crippen LogP contribution in [-0.2, 0) is 0 Å². The minimum absolute atomic E-state index is 0.244. The van der Waals surface area contributed by atoms with Crippen molar-refractivity contribution in [2.45, 2.75) is 213 Å². The number of carbonyl (C=O) groups excluding carboxylic acids is 2. The van der Waals surface area contributed by atoms with Crippen LogP contribution in [0.2, 0.25) is 0 Å². The molecule has 0 amide bonds. The van der Waals surface area contributed by atoms with E-state index in [9.17, 15) is 9.59 Å². The summed E-state index contributed by atoms with van der Waals surface area (Å²) >= 11 is 0. The maximum absolute atomic E-state index is 13.8. The summed E-state index contributed by atoms with van der Waals surface area (Å²) in [5, 5.41) is 0. The molecule has 348 valence electrons. The van der Waals surface area contributed by atoms with Crippen molar-refractivity contribution in [2.75, 3.05) is 19.8 Å². The fourth-order valence-electron chi connectivity index (χ4n) is 7.63. The first-order valence-electron chi connectivity index (χ1n) is 25.1. The average Bonchev–Trinajstić information content (AvgIpc) is 3.83. The van der Waals surface area contributed by atoms with Gasteiger partial charge in [-0.3, -0.25) is 0 Å². The Morgan fingerprint density at radius 3 is 1.15 bits per heavy atom. The number of benzene rings is 2. The van der Waals surface area contributed by atoms with E-state index < -0.39 is 11.9 Å². The summed E-state index contributed by atoms with van der Waals surface area (Å²) in [6.07, 6.45) is 40.1. The van der Waals surface area contributed by atoms with Crippen molar-refractivity contribution in [3.05, 3.63) is 60.2 Å². The van der Waals surface area contributed by atoms with Gasteiger partial charge in [0.2, 0.25) is 5.75 Å². The lowest BCUT2D eigenvalue weighted by molar-refractivity contribution is 0.0716. The summed E-state index contributed by atoms with van der Waals surface area (Å²) in [7, 11) is 0. The van der Waals surface area contributed by atoms with E-state index in [1.807, 2.05) is 0 Å². The van der Waals surface area contributed by atoms with Crippen LogP contribution in [0.3, 0.4) is 0 Å². The van der Waals surface area contributed by atoms with Crippen LogP contribution >= 0.6 is 0 Å². The molecule has 62 heavy (non-hydrogen) atoms. The van der Waals surface area contributed by atoms with Gasteiger partial charge in [0.15, 0.2) is 11.5 Å². The number of nitrogens with one attached hydrogen (secondary N) is 1. The van der Waals surface area contributed by atoms with E-state index in [4.69, 9.17) is 23.7 Å². The quantitative estimate of drug-likeness (QED) is 0.0342. The topological polar surface area (TPSA) is 109 Å². The molecule has 0 saturated carbocycles. The Bertz CT molecular complexity index is 1490. The number of aromatic nitrogens is 2. The van der Waals surface area contributed by atoms with Gasteiger partial charge in [0.05, 0.1) is 37.9 Å². The molecule has 0 radical (unpaired) electrons. The third-order valence-corrected chi connectivity index (χ3v) is 11.5. The van der Waals surface area contributed by atoms with Gasteiger partial charge < -0.3 is 28.7 Å². The predicted octanol–water partition coefficient (Wildman–Crippen LogP) is 15.7. The number of hydrogen-bond donors (Lipinski definition) is 1. The fraction of sp³-hybridized carbons (Fsp3) is 0.679. The van der Waals surface area contributed by atoms with E-state index in [2.05, 4.69) is 30.7 Å². The molecular weight excluding hydrogens is 777 g/mol. The molecule has 1 N–H and O–H groups in total. The van der Waals surface area contributed by atoms with E-state index in [0.29, 0.717) is 54.1 Å². The van der Waals surface area contributed by atoms with Gasteiger partial charge in [0.25, 0.3) is 0 Å². The highest BCUT2D eigenvalue weighted by atomic mass is 16.6. The molecule has 0 saturated heterocycles. The molecule has 0 fully saturated rings. The maximum Gasteiger partial charge on any atom is 0.361 e. The van der Waals surface area contributed by atoms with E-state index in [-0.39, 0.29) is 5.69 Å². The van der Waals surface area contributed by atoms with Crippen LogP contribution in [0.5, 0.6) is 28.7 Å². The number of hydrogen-bond acceptors (Lipinski definition) is 8. The SMILES string of the molecule is CCCCCCCCCCCCOc1cc(C(=O)Oc2ccc(OC(=O)c3cnc[nH]3)cc2)cc(OCCCCCCCCCCCC)c1OCCCCCCCCCCCC. The van der Waals surface area contributed by atoms with Crippen LogP contribution in [0.1, 0.15) is 234 Å². The first-order valence-corrected chi connectivity index (χ1v) is 25.1. The van der Waals surface area contributed by atoms with Crippen LogP contribution in [0.4, 0.5) is 0 Å². The second-order valence-corrected chi connectivity index (χ2v) is 17.1. The van der Waals surface area contributed by atoms with Crippen molar-refractivity contribution in [3.8, 4) is 28.7 Å². The number of imidazole rings is 1. The van der Waals surface area contributed by atoms with Gasteiger partial charge in [-0.2, -0.15) is 0 Å². The summed E-state index contributed by atoms with van der Waals surface area (Å²) in [6, 6.07) is 9.85.